The Kier molecular flexibility index (Phi) is 23.6. The summed E-state index contributed by atoms with van der Waals surface area (Å²) in [7, 11) is 0. The summed E-state index contributed by atoms with van der Waals surface area (Å²) in [5.74, 6) is 2.17. The van der Waals surface area contributed by atoms with E-state index < -0.39 is 0 Å². The molecule has 1 aliphatic carbocycles. The van der Waals surface area contributed by atoms with E-state index in [9.17, 15) is 0 Å². The van der Waals surface area contributed by atoms with Crippen molar-refractivity contribution in [2.24, 2.45) is 11.8 Å². The van der Waals surface area contributed by atoms with Gasteiger partial charge in [0.2, 0.25) is 0 Å². The van der Waals surface area contributed by atoms with Crippen molar-refractivity contribution in [3.8, 4) is 0 Å². The van der Waals surface area contributed by atoms with E-state index in [0.29, 0.717) is 0 Å². The molecule has 0 heteroatoms. The monoisotopic (exact) mass is 463 g/mol. The third-order valence-electron chi connectivity index (χ3n) is 8.65. The van der Waals surface area contributed by atoms with Gasteiger partial charge in [0.25, 0.3) is 0 Å². The average molecular weight is 463 g/mol. The molecule has 0 nitrogen and oxygen atoms in total. The van der Waals surface area contributed by atoms with Gasteiger partial charge in [-0.3, -0.25) is 0 Å². The molecule has 0 aromatic carbocycles. The lowest BCUT2D eigenvalue weighted by molar-refractivity contribution is 0.244. The van der Waals surface area contributed by atoms with E-state index in [0.717, 1.165) is 11.8 Å². The average Bonchev–Trinajstić information content (AvgIpc) is 2.84. The van der Waals surface area contributed by atoms with Crippen LogP contribution in [0.1, 0.15) is 200 Å². The maximum atomic E-state index is 2.31. The van der Waals surface area contributed by atoms with E-state index in [1.165, 1.54) is 148 Å². The molecule has 0 radical (unpaired) electrons. The fraction of sp³-hybridized carbons (Fsp3) is 1.00. The summed E-state index contributed by atoms with van der Waals surface area (Å²) in [4.78, 5) is 0. The third-order valence-corrected chi connectivity index (χ3v) is 8.65. The number of hydrogen-bond acceptors (Lipinski definition) is 0. The minimum atomic E-state index is 1.08. The van der Waals surface area contributed by atoms with E-state index in [2.05, 4.69) is 13.8 Å². The summed E-state index contributed by atoms with van der Waals surface area (Å²) in [6.45, 7) is 4.62. The van der Waals surface area contributed by atoms with Crippen LogP contribution in [0.4, 0.5) is 0 Å². The summed E-state index contributed by atoms with van der Waals surface area (Å²) in [5, 5.41) is 0. The second kappa shape index (κ2) is 25.1. The van der Waals surface area contributed by atoms with Gasteiger partial charge in [0.15, 0.2) is 0 Å². The molecule has 0 heterocycles. The molecule has 198 valence electrons. The van der Waals surface area contributed by atoms with E-state index in [-0.39, 0.29) is 0 Å². The van der Waals surface area contributed by atoms with Crippen LogP contribution in [0, 0.1) is 11.8 Å². The van der Waals surface area contributed by atoms with Crippen LogP contribution >= 0.6 is 0 Å². The topological polar surface area (TPSA) is 0 Å². The van der Waals surface area contributed by atoms with Gasteiger partial charge >= 0.3 is 0 Å². The van der Waals surface area contributed by atoms with Crippen molar-refractivity contribution in [2.45, 2.75) is 200 Å². The Balaban J connectivity index is 1.77. The zero-order valence-corrected chi connectivity index (χ0v) is 23.7. The molecular formula is C33H66. The Morgan fingerprint density at radius 1 is 0.303 bits per heavy atom. The summed E-state index contributed by atoms with van der Waals surface area (Å²) >= 11 is 0. The number of hydrogen-bond donors (Lipinski definition) is 0. The first-order valence-electron chi connectivity index (χ1n) is 16.4. The molecule has 0 amide bonds. The molecule has 0 aliphatic heterocycles. The van der Waals surface area contributed by atoms with E-state index >= 15 is 0 Å². The maximum Gasteiger partial charge on any atom is -0.0414 e. The van der Waals surface area contributed by atoms with Crippen LogP contribution in [0.3, 0.4) is 0 Å². The minimum absolute atomic E-state index is 1.08. The quantitative estimate of drug-likeness (QED) is 0.118. The lowest BCUT2D eigenvalue weighted by atomic mass is 9.78. The van der Waals surface area contributed by atoms with E-state index in [1.807, 2.05) is 0 Å². The lowest BCUT2D eigenvalue weighted by Gasteiger charge is -2.28. The van der Waals surface area contributed by atoms with Gasteiger partial charge in [-0.05, 0) is 11.8 Å². The first-order chi connectivity index (χ1) is 16.4. The van der Waals surface area contributed by atoms with Crippen LogP contribution < -0.4 is 0 Å². The van der Waals surface area contributed by atoms with Gasteiger partial charge in [0.05, 0.1) is 0 Å². The zero-order valence-electron chi connectivity index (χ0n) is 23.7. The highest BCUT2D eigenvalue weighted by atomic mass is 14.3. The molecule has 0 saturated heterocycles. The Morgan fingerprint density at radius 2 is 0.515 bits per heavy atom. The van der Waals surface area contributed by atoms with Gasteiger partial charge < -0.3 is 0 Å². The molecule has 0 aromatic rings. The highest BCUT2D eigenvalue weighted by Crippen LogP contribution is 2.34. The fourth-order valence-corrected chi connectivity index (χ4v) is 6.18. The maximum absolute atomic E-state index is 2.31. The molecular weight excluding hydrogens is 396 g/mol. The van der Waals surface area contributed by atoms with Crippen LogP contribution in [-0.2, 0) is 0 Å². The van der Waals surface area contributed by atoms with E-state index in [1.54, 1.807) is 38.5 Å². The molecule has 0 N–H and O–H groups in total. The molecule has 1 saturated carbocycles. The minimum Gasteiger partial charge on any atom is -0.0654 e. The van der Waals surface area contributed by atoms with Crippen LogP contribution in [0.2, 0.25) is 0 Å². The van der Waals surface area contributed by atoms with Gasteiger partial charge in [0, 0.05) is 0 Å². The van der Waals surface area contributed by atoms with E-state index in [4.69, 9.17) is 0 Å². The molecule has 0 unspecified atom stereocenters. The van der Waals surface area contributed by atoms with Crippen molar-refractivity contribution < 1.29 is 0 Å². The lowest BCUT2D eigenvalue weighted by Crippen LogP contribution is -2.14. The standard InChI is InChI=1S/C33H66/c1-3-5-7-9-11-13-15-16-17-19-21-23-25-27-33-30-28-32(29-31-33)26-24-22-20-18-14-12-10-8-6-4-2/h32-33H,3-31H2,1-2H3. The van der Waals surface area contributed by atoms with Crippen molar-refractivity contribution >= 4 is 0 Å². The molecule has 1 rings (SSSR count). The Bertz CT molecular complexity index is 348. The Morgan fingerprint density at radius 3 is 0.758 bits per heavy atom. The largest absolute Gasteiger partial charge is 0.0654 e. The van der Waals surface area contributed by atoms with Gasteiger partial charge in [-0.2, -0.15) is 0 Å². The number of rotatable bonds is 25. The van der Waals surface area contributed by atoms with Gasteiger partial charge in [-0.25, -0.2) is 0 Å². The smallest absolute Gasteiger partial charge is 0.0414 e. The molecule has 0 atom stereocenters. The molecule has 1 aliphatic rings. The van der Waals surface area contributed by atoms with Crippen LogP contribution in [-0.4, -0.2) is 0 Å². The predicted octanol–water partition coefficient (Wildman–Crippen LogP) is 12.6. The Hall–Kier alpha value is 0. The summed E-state index contributed by atoms with van der Waals surface area (Å²) < 4.78 is 0. The number of unbranched alkanes of at least 4 members (excludes halogenated alkanes) is 21. The summed E-state index contributed by atoms with van der Waals surface area (Å²) in [6, 6.07) is 0. The second-order valence-corrected chi connectivity index (χ2v) is 11.9. The first-order valence-corrected chi connectivity index (χ1v) is 16.4. The normalized spacial score (nSPS) is 18.7. The molecule has 0 aromatic heterocycles. The predicted molar refractivity (Wildman–Crippen MR) is 152 cm³/mol. The van der Waals surface area contributed by atoms with Crippen molar-refractivity contribution in [3.05, 3.63) is 0 Å². The van der Waals surface area contributed by atoms with Gasteiger partial charge in [-0.15, -0.1) is 0 Å². The van der Waals surface area contributed by atoms with Crippen molar-refractivity contribution in [1.29, 1.82) is 0 Å². The summed E-state index contributed by atoms with van der Waals surface area (Å²) in [5.41, 5.74) is 0. The third kappa shape index (κ3) is 21.0. The fourth-order valence-electron chi connectivity index (χ4n) is 6.18. The highest BCUT2D eigenvalue weighted by molar-refractivity contribution is 4.73. The highest BCUT2D eigenvalue weighted by Gasteiger charge is 2.20. The van der Waals surface area contributed by atoms with Gasteiger partial charge in [-0.1, -0.05) is 200 Å². The van der Waals surface area contributed by atoms with Crippen molar-refractivity contribution in [3.63, 3.8) is 0 Å². The molecule has 0 bridgehead atoms. The van der Waals surface area contributed by atoms with Crippen LogP contribution in [0.15, 0.2) is 0 Å². The zero-order chi connectivity index (χ0) is 23.7. The van der Waals surface area contributed by atoms with Gasteiger partial charge in [0.1, 0.15) is 0 Å². The molecule has 33 heavy (non-hydrogen) atoms. The van der Waals surface area contributed by atoms with Crippen LogP contribution in [0.25, 0.3) is 0 Å². The van der Waals surface area contributed by atoms with Crippen LogP contribution in [0.5, 0.6) is 0 Å². The first kappa shape index (κ1) is 31.0. The SMILES string of the molecule is CCCCCCCCCCCCCCCC1CCC(CCCCCCCCCCCC)CC1. The second-order valence-electron chi connectivity index (χ2n) is 11.9. The molecule has 1 fully saturated rings. The van der Waals surface area contributed by atoms with Crippen molar-refractivity contribution in [2.75, 3.05) is 0 Å². The molecule has 0 spiro atoms. The summed E-state index contributed by atoms with van der Waals surface area (Å²) in [6.07, 6.45) is 43.4. The van der Waals surface area contributed by atoms with Crippen molar-refractivity contribution in [1.82, 2.24) is 0 Å². The Labute approximate surface area is 211 Å².